The van der Waals surface area contributed by atoms with Gasteiger partial charge in [-0.2, -0.15) is 0 Å². The van der Waals surface area contributed by atoms with Crippen molar-refractivity contribution in [1.82, 2.24) is 4.98 Å². The van der Waals surface area contributed by atoms with Crippen molar-refractivity contribution in [3.05, 3.63) is 47.9 Å². The van der Waals surface area contributed by atoms with Crippen LogP contribution >= 0.6 is 0 Å². The van der Waals surface area contributed by atoms with Crippen molar-refractivity contribution in [3.63, 3.8) is 0 Å². The number of hydrogen-bond acceptors (Lipinski definition) is 4. The highest BCUT2D eigenvalue weighted by Gasteiger charge is 2.05. The SMILES string of the molecule is COc1cccc(CNc2ccc(F)cc2OC)n1. The number of hydrogen-bond donors (Lipinski definition) is 1. The first-order valence-corrected chi connectivity index (χ1v) is 5.80. The van der Waals surface area contributed by atoms with E-state index >= 15 is 0 Å². The van der Waals surface area contributed by atoms with Gasteiger partial charge in [-0.1, -0.05) is 6.07 Å². The van der Waals surface area contributed by atoms with Crippen LogP contribution in [0, 0.1) is 5.82 Å². The third-order valence-corrected chi connectivity index (χ3v) is 2.61. The van der Waals surface area contributed by atoms with Crippen LogP contribution in [-0.2, 0) is 6.54 Å². The summed E-state index contributed by atoms with van der Waals surface area (Å²) in [5, 5.41) is 3.15. The molecule has 4 nitrogen and oxygen atoms in total. The van der Waals surface area contributed by atoms with E-state index in [2.05, 4.69) is 10.3 Å². The fraction of sp³-hybridized carbons (Fsp3) is 0.214. The van der Waals surface area contributed by atoms with Crippen LogP contribution in [0.2, 0.25) is 0 Å². The van der Waals surface area contributed by atoms with E-state index in [1.54, 1.807) is 19.2 Å². The lowest BCUT2D eigenvalue weighted by molar-refractivity contribution is 0.396. The van der Waals surface area contributed by atoms with E-state index in [1.165, 1.54) is 19.2 Å². The van der Waals surface area contributed by atoms with Gasteiger partial charge in [0.2, 0.25) is 5.88 Å². The molecule has 1 N–H and O–H groups in total. The molecule has 0 saturated carbocycles. The van der Waals surface area contributed by atoms with Gasteiger partial charge < -0.3 is 14.8 Å². The highest BCUT2D eigenvalue weighted by atomic mass is 19.1. The van der Waals surface area contributed by atoms with Crippen LogP contribution in [0.3, 0.4) is 0 Å². The van der Waals surface area contributed by atoms with Crippen LogP contribution in [0.1, 0.15) is 5.69 Å². The van der Waals surface area contributed by atoms with Crippen LogP contribution in [0.25, 0.3) is 0 Å². The van der Waals surface area contributed by atoms with E-state index in [0.29, 0.717) is 23.9 Å². The summed E-state index contributed by atoms with van der Waals surface area (Å²) in [4.78, 5) is 4.28. The van der Waals surface area contributed by atoms with Gasteiger partial charge >= 0.3 is 0 Å². The first-order valence-electron chi connectivity index (χ1n) is 5.80. The molecule has 0 spiro atoms. The first-order chi connectivity index (χ1) is 9.22. The fourth-order valence-corrected chi connectivity index (χ4v) is 1.67. The Bertz CT molecular complexity index is 561. The van der Waals surface area contributed by atoms with Gasteiger partial charge in [0.05, 0.1) is 32.1 Å². The molecule has 0 bridgehead atoms. The van der Waals surface area contributed by atoms with Gasteiger partial charge in [0.25, 0.3) is 0 Å². The zero-order valence-electron chi connectivity index (χ0n) is 10.8. The van der Waals surface area contributed by atoms with E-state index in [-0.39, 0.29) is 5.82 Å². The maximum Gasteiger partial charge on any atom is 0.213 e. The van der Waals surface area contributed by atoms with Gasteiger partial charge in [0, 0.05) is 12.1 Å². The normalized spacial score (nSPS) is 10.1. The van der Waals surface area contributed by atoms with Crippen LogP contribution in [0.4, 0.5) is 10.1 Å². The summed E-state index contributed by atoms with van der Waals surface area (Å²) < 4.78 is 23.2. The van der Waals surface area contributed by atoms with Gasteiger partial charge in [0.1, 0.15) is 11.6 Å². The van der Waals surface area contributed by atoms with E-state index in [4.69, 9.17) is 9.47 Å². The second-order valence-electron chi connectivity index (χ2n) is 3.87. The van der Waals surface area contributed by atoms with Crippen LogP contribution < -0.4 is 14.8 Å². The molecular weight excluding hydrogens is 247 g/mol. The molecule has 0 unspecified atom stereocenters. The molecule has 1 heterocycles. The van der Waals surface area contributed by atoms with Gasteiger partial charge in [-0.05, 0) is 18.2 Å². The van der Waals surface area contributed by atoms with E-state index < -0.39 is 0 Å². The number of aromatic nitrogens is 1. The molecule has 1 aromatic heterocycles. The number of rotatable bonds is 5. The van der Waals surface area contributed by atoms with Gasteiger partial charge in [-0.25, -0.2) is 9.37 Å². The number of nitrogens with one attached hydrogen (secondary N) is 1. The van der Waals surface area contributed by atoms with Gasteiger partial charge in [-0.3, -0.25) is 0 Å². The Morgan fingerprint density at radius 2 is 2.00 bits per heavy atom. The highest BCUT2D eigenvalue weighted by molar-refractivity contribution is 5.56. The number of benzene rings is 1. The maximum atomic E-state index is 13.1. The monoisotopic (exact) mass is 262 g/mol. The molecule has 0 fully saturated rings. The Hall–Kier alpha value is -2.30. The van der Waals surface area contributed by atoms with Crippen molar-refractivity contribution in [3.8, 4) is 11.6 Å². The lowest BCUT2D eigenvalue weighted by atomic mass is 10.2. The number of pyridine rings is 1. The fourth-order valence-electron chi connectivity index (χ4n) is 1.67. The van der Waals surface area contributed by atoms with E-state index in [9.17, 15) is 4.39 Å². The molecule has 0 aliphatic carbocycles. The summed E-state index contributed by atoms with van der Waals surface area (Å²) in [5.74, 6) is 0.690. The summed E-state index contributed by atoms with van der Waals surface area (Å²) >= 11 is 0. The van der Waals surface area contributed by atoms with Crippen molar-refractivity contribution in [1.29, 1.82) is 0 Å². The van der Waals surface area contributed by atoms with Crippen molar-refractivity contribution in [2.24, 2.45) is 0 Å². The minimum atomic E-state index is -0.332. The van der Waals surface area contributed by atoms with Crippen LogP contribution in [0.5, 0.6) is 11.6 Å². The Morgan fingerprint density at radius 1 is 1.16 bits per heavy atom. The molecule has 0 aliphatic rings. The quantitative estimate of drug-likeness (QED) is 0.899. The Labute approximate surface area is 111 Å². The number of ether oxygens (including phenoxy) is 2. The molecular formula is C14H15FN2O2. The standard InChI is InChI=1S/C14H15FN2O2/c1-18-13-8-10(15)6-7-12(13)16-9-11-4-3-5-14(17-11)19-2/h3-8,16H,9H2,1-2H3. The molecule has 100 valence electrons. The number of nitrogens with zero attached hydrogens (tertiary/aromatic N) is 1. The molecule has 5 heteroatoms. The van der Waals surface area contributed by atoms with Crippen molar-refractivity contribution < 1.29 is 13.9 Å². The lowest BCUT2D eigenvalue weighted by Crippen LogP contribution is -2.04. The minimum Gasteiger partial charge on any atom is -0.494 e. The summed E-state index contributed by atoms with van der Waals surface area (Å²) in [6.45, 7) is 0.499. The molecule has 0 amide bonds. The van der Waals surface area contributed by atoms with Gasteiger partial charge in [-0.15, -0.1) is 0 Å². The third-order valence-electron chi connectivity index (χ3n) is 2.61. The van der Waals surface area contributed by atoms with Crippen molar-refractivity contribution in [2.45, 2.75) is 6.54 Å². The molecule has 0 radical (unpaired) electrons. The minimum absolute atomic E-state index is 0.332. The van der Waals surface area contributed by atoms with Crippen molar-refractivity contribution in [2.75, 3.05) is 19.5 Å². The Morgan fingerprint density at radius 3 is 2.74 bits per heavy atom. The molecule has 19 heavy (non-hydrogen) atoms. The summed E-state index contributed by atoms with van der Waals surface area (Å²) in [5.41, 5.74) is 1.54. The topological polar surface area (TPSA) is 43.4 Å². The highest BCUT2D eigenvalue weighted by Crippen LogP contribution is 2.25. The maximum absolute atomic E-state index is 13.1. The summed E-state index contributed by atoms with van der Waals surface area (Å²) in [6.07, 6.45) is 0. The average Bonchev–Trinajstić information content (AvgIpc) is 2.46. The smallest absolute Gasteiger partial charge is 0.213 e. The first kappa shape index (κ1) is 13.1. The predicted molar refractivity (Wildman–Crippen MR) is 71.1 cm³/mol. The zero-order chi connectivity index (χ0) is 13.7. The second-order valence-corrected chi connectivity index (χ2v) is 3.87. The van der Waals surface area contributed by atoms with Crippen molar-refractivity contribution >= 4 is 5.69 Å². The predicted octanol–water partition coefficient (Wildman–Crippen LogP) is 2.85. The number of anilines is 1. The molecule has 2 rings (SSSR count). The average molecular weight is 262 g/mol. The number of halogens is 1. The third kappa shape index (κ3) is 3.34. The number of methoxy groups -OCH3 is 2. The largest absolute Gasteiger partial charge is 0.494 e. The molecule has 1 aromatic carbocycles. The van der Waals surface area contributed by atoms with E-state index in [0.717, 1.165) is 5.69 Å². The second kappa shape index (κ2) is 6.04. The Kier molecular flexibility index (Phi) is 4.18. The summed E-state index contributed by atoms with van der Waals surface area (Å²) in [6, 6.07) is 9.87. The summed E-state index contributed by atoms with van der Waals surface area (Å²) in [7, 11) is 3.08. The molecule has 0 aliphatic heterocycles. The van der Waals surface area contributed by atoms with E-state index in [1.807, 2.05) is 12.1 Å². The molecule has 0 atom stereocenters. The van der Waals surface area contributed by atoms with Crippen LogP contribution in [-0.4, -0.2) is 19.2 Å². The Balaban J connectivity index is 2.09. The lowest BCUT2D eigenvalue weighted by Gasteiger charge is -2.11. The molecule has 0 saturated heterocycles. The van der Waals surface area contributed by atoms with Gasteiger partial charge in [0.15, 0.2) is 0 Å². The van der Waals surface area contributed by atoms with Crippen LogP contribution in [0.15, 0.2) is 36.4 Å². The zero-order valence-corrected chi connectivity index (χ0v) is 10.8. The molecule has 2 aromatic rings.